The molecule has 1 fully saturated rings. The smallest absolute Gasteiger partial charge is 0.319 e. The van der Waals surface area contributed by atoms with Gasteiger partial charge >= 0.3 is 6.03 Å². The van der Waals surface area contributed by atoms with Crippen LogP contribution >= 0.6 is 0 Å². The van der Waals surface area contributed by atoms with Crippen LogP contribution in [0.15, 0.2) is 12.1 Å². The molecule has 20 heavy (non-hydrogen) atoms. The van der Waals surface area contributed by atoms with Crippen molar-refractivity contribution in [1.29, 1.82) is 0 Å². The summed E-state index contributed by atoms with van der Waals surface area (Å²) in [7, 11) is 1.99. The first kappa shape index (κ1) is 14.6. The lowest BCUT2D eigenvalue weighted by atomic mass is 10.1. The first-order chi connectivity index (χ1) is 9.47. The fourth-order valence-corrected chi connectivity index (χ4v) is 2.12. The van der Waals surface area contributed by atoms with Gasteiger partial charge in [0, 0.05) is 6.04 Å². The van der Waals surface area contributed by atoms with Crippen molar-refractivity contribution in [1.82, 2.24) is 10.2 Å². The second kappa shape index (κ2) is 6.13. The maximum absolute atomic E-state index is 13.4. The molecule has 7 heteroatoms. The highest BCUT2D eigenvalue weighted by Gasteiger charge is 2.20. The predicted molar refractivity (Wildman–Crippen MR) is 69.0 cm³/mol. The molecule has 0 aromatic heterocycles. The zero-order chi connectivity index (χ0) is 14.7. The van der Waals surface area contributed by atoms with Crippen LogP contribution in [0.2, 0.25) is 0 Å². The second-order valence-corrected chi connectivity index (χ2v) is 4.90. The molecule has 0 saturated carbocycles. The highest BCUT2D eigenvalue weighted by atomic mass is 19.2. The standard InChI is InChI=1S/C13H16F3N3O/c1-19-6-4-8(5-7-19)17-13(20)18-10-3-2-9(14)11(15)12(10)16/h2-3,8H,4-7H2,1H3,(H2,17,18,20). The van der Waals surface area contributed by atoms with Crippen LogP contribution in [-0.4, -0.2) is 37.1 Å². The van der Waals surface area contributed by atoms with E-state index in [1.54, 1.807) is 0 Å². The number of benzene rings is 1. The molecule has 0 spiro atoms. The van der Waals surface area contributed by atoms with Gasteiger partial charge in [0.25, 0.3) is 0 Å². The van der Waals surface area contributed by atoms with Gasteiger partial charge < -0.3 is 15.5 Å². The Labute approximate surface area is 114 Å². The van der Waals surface area contributed by atoms with Crippen LogP contribution in [0.5, 0.6) is 0 Å². The molecule has 1 aliphatic heterocycles. The molecule has 2 N–H and O–H groups in total. The topological polar surface area (TPSA) is 44.4 Å². The molecule has 110 valence electrons. The summed E-state index contributed by atoms with van der Waals surface area (Å²) in [6.45, 7) is 1.73. The number of hydrogen-bond donors (Lipinski definition) is 2. The van der Waals surface area contributed by atoms with Gasteiger partial charge in [0.15, 0.2) is 17.5 Å². The average molecular weight is 287 g/mol. The maximum atomic E-state index is 13.4. The first-order valence-corrected chi connectivity index (χ1v) is 6.37. The molecule has 1 heterocycles. The number of likely N-dealkylation sites (tertiary alicyclic amines) is 1. The number of hydrogen-bond acceptors (Lipinski definition) is 2. The van der Waals surface area contributed by atoms with Crippen molar-refractivity contribution in [3.05, 3.63) is 29.6 Å². The normalized spacial score (nSPS) is 17.0. The number of amides is 2. The Morgan fingerprint density at radius 1 is 1.20 bits per heavy atom. The summed E-state index contributed by atoms with van der Waals surface area (Å²) in [4.78, 5) is 13.8. The monoisotopic (exact) mass is 287 g/mol. The minimum Gasteiger partial charge on any atom is -0.335 e. The summed E-state index contributed by atoms with van der Waals surface area (Å²) in [6.07, 6.45) is 1.59. The molecule has 0 radical (unpaired) electrons. The minimum absolute atomic E-state index is 0.000411. The molecule has 4 nitrogen and oxygen atoms in total. The quantitative estimate of drug-likeness (QED) is 0.820. The number of carbonyl (C=O) groups is 1. The molecular formula is C13H16F3N3O. The third kappa shape index (κ3) is 3.41. The zero-order valence-electron chi connectivity index (χ0n) is 11.0. The Kier molecular flexibility index (Phi) is 4.49. The van der Waals surface area contributed by atoms with E-state index >= 15 is 0 Å². The van der Waals surface area contributed by atoms with Crippen LogP contribution in [0.1, 0.15) is 12.8 Å². The van der Waals surface area contributed by atoms with E-state index in [0.29, 0.717) is 0 Å². The molecule has 0 aliphatic carbocycles. The Balaban J connectivity index is 1.93. The van der Waals surface area contributed by atoms with Crippen molar-refractivity contribution in [3.8, 4) is 0 Å². The maximum Gasteiger partial charge on any atom is 0.319 e. The number of rotatable bonds is 2. The predicted octanol–water partition coefficient (Wildman–Crippen LogP) is 2.32. The van der Waals surface area contributed by atoms with Gasteiger partial charge in [0.2, 0.25) is 0 Å². The van der Waals surface area contributed by atoms with Gasteiger partial charge in [-0.2, -0.15) is 0 Å². The third-order valence-electron chi connectivity index (χ3n) is 3.34. The van der Waals surface area contributed by atoms with Crippen LogP contribution in [0.25, 0.3) is 0 Å². The van der Waals surface area contributed by atoms with Crippen molar-refractivity contribution in [2.45, 2.75) is 18.9 Å². The Morgan fingerprint density at radius 2 is 1.85 bits per heavy atom. The lowest BCUT2D eigenvalue weighted by Crippen LogP contribution is -2.44. The lowest BCUT2D eigenvalue weighted by Gasteiger charge is -2.29. The molecule has 1 aromatic carbocycles. The van der Waals surface area contributed by atoms with E-state index in [9.17, 15) is 18.0 Å². The van der Waals surface area contributed by atoms with Crippen molar-refractivity contribution in [2.75, 3.05) is 25.5 Å². The molecule has 0 unspecified atom stereocenters. The Bertz CT molecular complexity index is 502. The zero-order valence-corrected chi connectivity index (χ0v) is 11.0. The third-order valence-corrected chi connectivity index (χ3v) is 3.34. The number of anilines is 1. The van der Waals surface area contributed by atoms with Gasteiger partial charge in [-0.1, -0.05) is 0 Å². The van der Waals surface area contributed by atoms with E-state index in [1.807, 2.05) is 7.05 Å². The minimum atomic E-state index is -1.60. The van der Waals surface area contributed by atoms with Crippen LogP contribution in [0.3, 0.4) is 0 Å². The Hall–Kier alpha value is -1.76. The number of nitrogens with one attached hydrogen (secondary N) is 2. The van der Waals surface area contributed by atoms with Gasteiger partial charge in [-0.15, -0.1) is 0 Å². The fraction of sp³-hybridized carbons (Fsp3) is 0.462. The summed E-state index contributed by atoms with van der Waals surface area (Å²) in [5, 5.41) is 4.88. The Morgan fingerprint density at radius 3 is 2.50 bits per heavy atom. The largest absolute Gasteiger partial charge is 0.335 e. The van der Waals surface area contributed by atoms with E-state index in [4.69, 9.17) is 0 Å². The van der Waals surface area contributed by atoms with Crippen molar-refractivity contribution in [2.24, 2.45) is 0 Å². The number of nitrogens with zero attached hydrogens (tertiary/aromatic N) is 1. The molecule has 0 atom stereocenters. The summed E-state index contributed by atoms with van der Waals surface area (Å²) < 4.78 is 39.2. The molecule has 2 amide bonds. The molecule has 1 aliphatic rings. The van der Waals surface area contributed by atoms with Crippen LogP contribution in [-0.2, 0) is 0 Å². The summed E-state index contributed by atoms with van der Waals surface area (Å²) >= 11 is 0. The van der Waals surface area contributed by atoms with Gasteiger partial charge in [-0.05, 0) is 45.1 Å². The van der Waals surface area contributed by atoms with Gasteiger partial charge in [-0.25, -0.2) is 18.0 Å². The molecule has 0 bridgehead atoms. The average Bonchev–Trinajstić information content (AvgIpc) is 2.42. The highest BCUT2D eigenvalue weighted by Crippen LogP contribution is 2.19. The van der Waals surface area contributed by atoms with E-state index < -0.39 is 23.5 Å². The van der Waals surface area contributed by atoms with E-state index in [-0.39, 0.29) is 11.7 Å². The molecule has 1 saturated heterocycles. The van der Waals surface area contributed by atoms with Gasteiger partial charge in [-0.3, -0.25) is 0 Å². The van der Waals surface area contributed by atoms with Crippen molar-refractivity contribution >= 4 is 11.7 Å². The number of urea groups is 1. The molecule has 1 aromatic rings. The van der Waals surface area contributed by atoms with E-state index in [1.165, 1.54) is 0 Å². The van der Waals surface area contributed by atoms with Crippen LogP contribution < -0.4 is 10.6 Å². The van der Waals surface area contributed by atoms with Crippen LogP contribution in [0.4, 0.5) is 23.7 Å². The van der Waals surface area contributed by atoms with E-state index in [2.05, 4.69) is 15.5 Å². The summed E-state index contributed by atoms with van der Waals surface area (Å²) in [6, 6.07) is 1.13. The summed E-state index contributed by atoms with van der Waals surface area (Å²) in [5.74, 6) is -4.28. The summed E-state index contributed by atoms with van der Waals surface area (Å²) in [5.41, 5.74) is -0.380. The fourth-order valence-electron chi connectivity index (χ4n) is 2.12. The first-order valence-electron chi connectivity index (χ1n) is 6.37. The second-order valence-electron chi connectivity index (χ2n) is 4.90. The molecular weight excluding hydrogens is 271 g/mol. The van der Waals surface area contributed by atoms with Crippen molar-refractivity contribution in [3.63, 3.8) is 0 Å². The lowest BCUT2D eigenvalue weighted by molar-refractivity contribution is 0.221. The number of carbonyl (C=O) groups excluding carboxylic acids is 1. The SMILES string of the molecule is CN1CCC(NC(=O)Nc2ccc(F)c(F)c2F)CC1. The number of piperidine rings is 1. The van der Waals surface area contributed by atoms with E-state index in [0.717, 1.165) is 38.1 Å². The molecule has 2 rings (SSSR count). The number of halogens is 3. The van der Waals surface area contributed by atoms with Crippen molar-refractivity contribution < 1.29 is 18.0 Å². The highest BCUT2D eigenvalue weighted by molar-refractivity contribution is 5.89. The van der Waals surface area contributed by atoms with Crippen LogP contribution in [0, 0.1) is 17.5 Å². The van der Waals surface area contributed by atoms with Gasteiger partial charge in [0.05, 0.1) is 5.69 Å². The van der Waals surface area contributed by atoms with Gasteiger partial charge in [0.1, 0.15) is 0 Å².